The van der Waals surface area contributed by atoms with Crippen LogP contribution < -0.4 is 0 Å². The predicted octanol–water partition coefficient (Wildman–Crippen LogP) is 3.12. The molecule has 2 aliphatic rings. The van der Waals surface area contributed by atoms with Crippen LogP contribution in [-0.4, -0.2) is 55.7 Å². The Bertz CT molecular complexity index is 1290. The van der Waals surface area contributed by atoms with Gasteiger partial charge in [-0.1, -0.05) is 30.3 Å². The van der Waals surface area contributed by atoms with Crippen molar-refractivity contribution in [3.8, 4) is 11.4 Å². The number of likely N-dealkylation sites (tertiary alicyclic amines) is 1. The lowest BCUT2D eigenvalue weighted by molar-refractivity contribution is -0.0967. The van der Waals surface area contributed by atoms with Crippen molar-refractivity contribution in [2.24, 2.45) is 0 Å². The molecular weight excluding hydrogens is 404 g/mol. The topological polar surface area (TPSA) is 96.9 Å². The quantitative estimate of drug-likeness (QED) is 0.529. The molecule has 32 heavy (non-hydrogen) atoms. The number of aromatic nitrogens is 5. The Balaban J connectivity index is 1.26. The summed E-state index contributed by atoms with van der Waals surface area (Å²) >= 11 is 0. The highest BCUT2D eigenvalue weighted by Gasteiger charge is 2.43. The van der Waals surface area contributed by atoms with E-state index in [-0.39, 0.29) is 5.91 Å². The SMILES string of the molecule is O=C(c1ccc2cn[nH]c2n1)N1CCC2(CC1)OCCc1cnc(-c3ccccc3)nc12. The highest BCUT2D eigenvalue weighted by atomic mass is 16.5. The fourth-order valence-corrected chi connectivity index (χ4v) is 4.70. The lowest BCUT2D eigenvalue weighted by atomic mass is 9.83. The average Bonchev–Trinajstić information content (AvgIpc) is 3.33. The van der Waals surface area contributed by atoms with Crippen LogP contribution in [0.15, 0.2) is 54.9 Å². The second kappa shape index (κ2) is 7.49. The minimum Gasteiger partial charge on any atom is -0.368 e. The van der Waals surface area contributed by atoms with Crippen LogP contribution in [-0.2, 0) is 16.8 Å². The first-order valence-corrected chi connectivity index (χ1v) is 10.9. The number of benzene rings is 1. The van der Waals surface area contributed by atoms with Crippen molar-refractivity contribution in [1.29, 1.82) is 0 Å². The van der Waals surface area contributed by atoms with E-state index < -0.39 is 5.60 Å². The highest BCUT2D eigenvalue weighted by molar-refractivity contribution is 5.94. The molecule has 0 saturated carbocycles. The van der Waals surface area contributed by atoms with E-state index in [9.17, 15) is 4.79 Å². The van der Waals surface area contributed by atoms with Gasteiger partial charge in [-0.25, -0.2) is 15.0 Å². The molecule has 0 radical (unpaired) electrons. The molecule has 160 valence electrons. The van der Waals surface area contributed by atoms with Gasteiger partial charge >= 0.3 is 0 Å². The minimum absolute atomic E-state index is 0.0694. The highest BCUT2D eigenvalue weighted by Crippen LogP contribution is 2.41. The molecule has 4 aromatic rings. The molecule has 1 spiro atoms. The molecule has 1 aromatic carbocycles. The lowest BCUT2D eigenvalue weighted by Gasteiger charge is -2.44. The van der Waals surface area contributed by atoms with Crippen LogP contribution in [0.25, 0.3) is 22.4 Å². The number of fused-ring (bicyclic) bond motifs is 3. The Morgan fingerprint density at radius 3 is 2.72 bits per heavy atom. The molecule has 8 heteroatoms. The second-order valence-corrected chi connectivity index (χ2v) is 8.32. The van der Waals surface area contributed by atoms with E-state index in [1.807, 2.05) is 47.5 Å². The van der Waals surface area contributed by atoms with Gasteiger partial charge in [-0.3, -0.25) is 9.89 Å². The number of nitrogens with zero attached hydrogens (tertiary/aromatic N) is 5. The van der Waals surface area contributed by atoms with Gasteiger partial charge in [0.25, 0.3) is 5.91 Å². The van der Waals surface area contributed by atoms with Crippen LogP contribution in [0.4, 0.5) is 0 Å². The Labute approximate surface area is 184 Å². The average molecular weight is 426 g/mol. The summed E-state index contributed by atoms with van der Waals surface area (Å²) in [4.78, 5) is 28.9. The summed E-state index contributed by atoms with van der Waals surface area (Å²) in [5.74, 6) is 0.643. The molecule has 8 nitrogen and oxygen atoms in total. The van der Waals surface area contributed by atoms with E-state index in [2.05, 4.69) is 20.2 Å². The molecule has 1 saturated heterocycles. The number of piperidine rings is 1. The van der Waals surface area contributed by atoms with E-state index >= 15 is 0 Å². The molecule has 0 atom stereocenters. The molecule has 2 aliphatic heterocycles. The number of H-pyrrole nitrogens is 1. The minimum atomic E-state index is -0.475. The summed E-state index contributed by atoms with van der Waals surface area (Å²) in [5.41, 5.74) is 3.68. The third-order valence-electron chi connectivity index (χ3n) is 6.46. The van der Waals surface area contributed by atoms with Crippen LogP contribution in [0.2, 0.25) is 0 Å². The van der Waals surface area contributed by atoms with Crippen LogP contribution in [0.3, 0.4) is 0 Å². The van der Waals surface area contributed by atoms with Gasteiger partial charge in [0.15, 0.2) is 11.5 Å². The molecule has 1 N–H and O–H groups in total. The van der Waals surface area contributed by atoms with Crippen LogP contribution >= 0.6 is 0 Å². The summed E-state index contributed by atoms with van der Waals surface area (Å²) in [6.45, 7) is 1.82. The zero-order chi connectivity index (χ0) is 21.5. The number of ether oxygens (including phenoxy) is 1. The van der Waals surface area contributed by atoms with Gasteiger partial charge < -0.3 is 9.64 Å². The molecule has 1 amide bonds. The van der Waals surface area contributed by atoms with E-state index in [0.717, 1.165) is 28.6 Å². The summed E-state index contributed by atoms with van der Waals surface area (Å²) < 4.78 is 6.35. The number of nitrogens with one attached hydrogen (secondary N) is 1. The molecule has 0 unspecified atom stereocenters. The van der Waals surface area contributed by atoms with E-state index in [1.54, 1.807) is 12.3 Å². The standard InChI is InChI=1S/C24H22N6O2/c31-23(19-7-6-18-15-26-29-22(18)27-19)30-11-9-24(10-12-30)20-17(8-13-32-24)14-25-21(28-20)16-4-2-1-3-5-16/h1-7,14-15H,8-13H2,(H,26,27,29). The van der Waals surface area contributed by atoms with Crippen molar-refractivity contribution in [3.63, 3.8) is 0 Å². The first-order chi connectivity index (χ1) is 15.7. The second-order valence-electron chi connectivity index (χ2n) is 8.32. The summed E-state index contributed by atoms with van der Waals surface area (Å²) in [6.07, 6.45) is 5.84. The number of carbonyl (C=O) groups is 1. The zero-order valence-corrected chi connectivity index (χ0v) is 17.5. The fraction of sp³-hybridized carbons (Fsp3) is 0.292. The van der Waals surface area contributed by atoms with Crippen LogP contribution in [0.1, 0.15) is 34.6 Å². The maximum Gasteiger partial charge on any atom is 0.272 e. The molecule has 6 rings (SSSR count). The summed E-state index contributed by atoms with van der Waals surface area (Å²) in [5, 5.41) is 7.70. The van der Waals surface area contributed by atoms with E-state index in [4.69, 9.17) is 9.72 Å². The van der Waals surface area contributed by atoms with Gasteiger partial charge in [0.2, 0.25) is 0 Å². The maximum absolute atomic E-state index is 13.1. The molecule has 5 heterocycles. The van der Waals surface area contributed by atoms with Crippen molar-refractivity contribution < 1.29 is 9.53 Å². The largest absolute Gasteiger partial charge is 0.368 e. The first kappa shape index (κ1) is 19.1. The number of amides is 1. The Hall–Kier alpha value is -3.65. The monoisotopic (exact) mass is 426 g/mol. The normalized spacial score (nSPS) is 17.4. The lowest BCUT2D eigenvalue weighted by Crippen LogP contribution is -2.49. The van der Waals surface area contributed by atoms with Crippen molar-refractivity contribution >= 4 is 16.9 Å². The maximum atomic E-state index is 13.1. The van der Waals surface area contributed by atoms with E-state index in [0.29, 0.717) is 49.7 Å². The molecule has 0 bridgehead atoms. The van der Waals surface area contributed by atoms with Gasteiger partial charge in [0.1, 0.15) is 11.3 Å². The first-order valence-electron chi connectivity index (χ1n) is 10.9. The fourth-order valence-electron chi connectivity index (χ4n) is 4.70. The summed E-state index contributed by atoms with van der Waals surface area (Å²) in [7, 11) is 0. The Kier molecular flexibility index (Phi) is 4.46. The number of aromatic amines is 1. The van der Waals surface area contributed by atoms with Gasteiger partial charge in [-0.2, -0.15) is 5.10 Å². The van der Waals surface area contributed by atoms with Crippen molar-refractivity contribution in [1.82, 2.24) is 30.0 Å². The Morgan fingerprint density at radius 2 is 1.88 bits per heavy atom. The molecule has 3 aromatic heterocycles. The van der Waals surface area contributed by atoms with Gasteiger partial charge in [0, 0.05) is 30.2 Å². The predicted molar refractivity (Wildman–Crippen MR) is 118 cm³/mol. The van der Waals surface area contributed by atoms with Crippen molar-refractivity contribution in [3.05, 3.63) is 71.8 Å². The number of carbonyl (C=O) groups excluding carboxylic acids is 1. The van der Waals surface area contributed by atoms with E-state index in [1.165, 1.54) is 0 Å². The molecular formula is C24H22N6O2. The molecule has 1 fully saturated rings. The Morgan fingerprint density at radius 1 is 1.03 bits per heavy atom. The van der Waals surface area contributed by atoms with Crippen molar-refractivity contribution in [2.75, 3.05) is 19.7 Å². The molecule has 0 aliphatic carbocycles. The van der Waals surface area contributed by atoms with Gasteiger partial charge in [-0.05, 0) is 37.0 Å². The van der Waals surface area contributed by atoms with Crippen LogP contribution in [0.5, 0.6) is 0 Å². The number of hydrogen-bond acceptors (Lipinski definition) is 6. The third-order valence-corrected chi connectivity index (χ3v) is 6.46. The van der Waals surface area contributed by atoms with Gasteiger partial charge in [0.05, 0.1) is 18.5 Å². The third kappa shape index (κ3) is 3.15. The number of hydrogen-bond donors (Lipinski definition) is 1. The zero-order valence-electron chi connectivity index (χ0n) is 17.5. The number of rotatable bonds is 2. The van der Waals surface area contributed by atoms with Crippen LogP contribution in [0, 0.1) is 0 Å². The van der Waals surface area contributed by atoms with Crippen molar-refractivity contribution in [2.45, 2.75) is 24.9 Å². The smallest absolute Gasteiger partial charge is 0.272 e. The van der Waals surface area contributed by atoms with Gasteiger partial charge in [-0.15, -0.1) is 0 Å². The summed E-state index contributed by atoms with van der Waals surface area (Å²) in [6, 6.07) is 13.6. The number of pyridine rings is 1.